The Hall–Kier alpha value is -2.06. The highest BCUT2D eigenvalue weighted by Gasteiger charge is 2.24. The zero-order valence-electron chi connectivity index (χ0n) is 15.2. The molecule has 1 aromatic heterocycles. The largest absolute Gasteiger partial charge is 0.493 e. The van der Waals surface area contributed by atoms with Crippen molar-refractivity contribution in [2.45, 2.75) is 32.1 Å². The van der Waals surface area contributed by atoms with Gasteiger partial charge in [-0.2, -0.15) is 0 Å². The van der Waals surface area contributed by atoms with Gasteiger partial charge >= 0.3 is 11.9 Å². The summed E-state index contributed by atoms with van der Waals surface area (Å²) in [6.07, 6.45) is 6.21. The van der Waals surface area contributed by atoms with Crippen LogP contribution in [0.2, 0.25) is 0 Å². The minimum atomic E-state index is -1.17. The molecule has 150 valence electrons. The second-order valence-electron chi connectivity index (χ2n) is 6.73. The summed E-state index contributed by atoms with van der Waals surface area (Å²) >= 11 is 4.41. The van der Waals surface area contributed by atoms with Gasteiger partial charge in [0, 0.05) is 0 Å². The fraction of sp³-hybridized carbons (Fsp3) is 0.400. The molecular formula is C20H21BrO6S. The van der Waals surface area contributed by atoms with Gasteiger partial charge in [-0.05, 0) is 52.4 Å². The van der Waals surface area contributed by atoms with Crippen molar-refractivity contribution >= 4 is 39.2 Å². The molecule has 1 aliphatic rings. The van der Waals surface area contributed by atoms with Crippen LogP contribution in [0.25, 0.3) is 10.4 Å². The van der Waals surface area contributed by atoms with Crippen LogP contribution in [0.15, 0.2) is 28.7 Å². The zero-order valence-corrected chi connectivity index (χ0v) is 17.6. The Morgan fingerprint density at radius 3 is 2.57 bits per heavy atom. The van der Waals surface area contributed by atoms with Crippen LogP contribution >= 0.6 is 27.3 Å². The number of thiophene rings is 1. The predicted molar refractivity (Wildman–Crippen MR) is 110 cm³/mol. The van der Waals surface area contributed by atoms with Gasteiger partial charge in [-0.15, -0.1) is 11.3 Å². The number of aliphatic carboxylic acids is 1. The molecule has 2 N–H and O–H groups in total. The highest BCUT2D eigenvalue weighted by Crippen LogP contribution is 2.46. The summed E-state index contributed by atoms with van der Waals surface area (Å²) in [5.41, 5.74) is 0.783. The van der Waals surface area contributed by atoms with Gasteiger partial charge in [-0.25, -0.2) is 9.59 Å². The monoisotopic (exact) mass is 468 g/mol. The molecule has 0 radical (unpaired) electrons. The normalized spacial score (nSPS) is 14.6. The second kappa shape index (κ2) is 9.43. The van der Waals surface area contributed by atoms with Crippen molar-refractivity contribution in [2.24, 2.45) is 5.92 Å². The maximum absolute atomic E-state index is 11.5. The van der Waals surface area contributed by atoms with E-state index in [-0.39, 0.29) is 10.6 Å². The second-order valence-corrected chi connectivity index (χ2v) is 8.55. The average Bonchev–Trinajstić information content (AvgIpc) is 3.02. The van der Waals surface area contributed by atoms with Crippen molar-refractivity contribution in [3.63, 3.8) is 0 Å². The molecule has 0 aliphatic heterocycles. The number of rotatable bonds is 8. The fourth-order valence-electron chi connectivity index (χ4n) is 3.28. The van der Waals surface area contributed by atoms with Crippen LogP contribution in [0.4, 0.5) is 0 Å². The Bertz CT molecular complexity index is 856. The van der Waals surface area contributed by atoms with Crippen molar-refractivity contribution < 1.29 is 29.3 Å². The molecule has 1 aromatic carbocycles. The fourth-order valence-corrected chi connectivity index (χ4v) is 5.17. The van der Waals surface area contributed by atoms with E-state index in [1.807, 2.05) is 24.3 Å². The summed E-state index contributed by atoms with van der Waals surface area (Å²) in [6.45, 7) is 0.0714. The van der Waals surface area contributed by atoms with Crippen LogP contribution in [0, 0.1) is 5.92 Å². The van der Waals surface area contributed by atoms with Gasteiger partial charge in [0.25, 0.3) is 0 Å². The first-order valence-corrected chi connectivity index (χ1v) is 10.7. The van der Waals surface area contributed by atoms with Crippen LogP contribution in [0.5, 0.6) is 11.5 Å². The minimum absolute atomic E-state index is 0.0310. The van der Waals surface area contributed by atoms with Gasteiger partial charge in [0.05, 0.1) is 16.0 Å². The molecule has 0 amide bonds. The summed E-state index contributed by atoms with van der Waals surface area (Å²) < 4.78 is 11.6. The molecule has 6 nitrogen and oxygen atoms in total. The van der Waals surface area contributed by atoms with Crippen molar-refractivity contribution in [1.82, 2.24) is 0 Å². The summed E-state index contributed by atoms with van der Waals surface area (Å²) in [5.74, 6) is -0.992. The van der Waals surface area contributed by atoms with E-state index in [1.54, 1.807) is 0 Å². The maximum atomic E-state index is 11.5. The van der Waals surface area contributed by atoms with Gasteiger partial charge in [0.2, 0.25) is 0 Å². The lowest BCUT2D eigenvalue weighted by Crippen LogP contribution is -2.15. The Morgan fingerprint density at radius 1 is 1.14 bits per heavy atom. The summed E-state index contributed by atoms with van der Waals surface area (Å²) in [4.78, 5) is 22.9. The molecule has 0 saturated heterocycles. The molecular weight excluding hydrogens is 448 g/mol. The van der Waals surface area contributed by atoms with Gasteiger partial charge in [0.15, 0.2) is 17.2 Å². The standard InChI is InChI=1S/C20H21BrO6S/c21-16-17(27-11-15(22)23)19(20(24)25)28-18(16)13-7-4-8-14(9-13)26-10-12-5-2-1-3-6-12/h4,7-9,12H,1-3,5-6,10-11H2,(H,22,23)(H,24,25). The smallest absolute Gasteiger partial charge is 0.349 e. The number of carbonyl (C=O) groups is 2. The molecule has 1 saturated carbocycles. The number of halogens is 1. The number of aromatic carboxylic acids is 1. The van der Waals surface area contributed by atoms with Crippen molar-refractivity contribution in [3.05, 3.63) is 33.6 Å². The number of benzene rings is 1. The number of carboxylic acids is 2. The molecule has 1 aliphatic carbocycles. The molecule has 8 heteroatoms. The Kier molecular flexibility index (Phi) is 6.96. The number of hydrogen-bond acceptors (Lipinski definition) is 5. The van der Waals surface area contributed by atoms with Crippen LogP contribution < -0.4 is 9.47 Å². The van der Waals surface area contributed by atoms with E-state index in [2.05, 4.69) is 15.9 Å². The molecule has 0 spiro atoms. The Morgan fingerprint density at radius 2 is 1.89 bits per heavy atom. The predicted octanol–water partition coefficient (Wildman–Crippen LogP) is 5.30. The molecule has 28 heavy (non-hydrogen) atoms. The van der Waals surface area contributed by atoms with Gasteiger partial charge in [0.1, 0.15) is 5.75 Å². The minimum Gasteiger partial charge on any atom is -0.493 e. The third-order valence-corrected chi connectivity index (χ3v) is 6.88. The first kappa shape index (κ1) is 20.7. The van der Waals surface area contributed by atoms with Crippen molar-refractivity contribution in [1.29, 1.82) is 0 Å². The molecule has 3 rings (SSSR count). The topological polar surface area (TPSA) is 93.1 Å². The van der Waals surface area contributed by atoms with E-state index in [9.17, 15) is 14.7 Å². The average molecular weight is 469 g/mol. The highest BCUT2D eigenvalue weighted by atomic mass is 79.9. The van der Waals surface area contributed by atoms with Gasteiger partial charge in [-0.3, -0.25) is 0 Å². The van der Waals surface area contributed by atoms with E-state index in [4.69, 9.17) is 14.6 Å². The molecule has 0 bridgehead atoms. The first-order valence-electron chi connectivity index (χ1n) is 9.09. The first-order chi connectivity index (χ1) is 13.5. The summed E-state index contributed by atoms with van der Waals surface area (Å²) in [7, 11) is 0. The Labute approximate surface area is 175 Å². The highest BCUT2D eigenvalue weighted by molar-refractivity contribution is 9.10. The third kappa shape index (κ3) is 5.05. The number of carboxylic acid groups (broad SMARTS) is 2. The van der Waals surface area contributed by atoms with Gasteiger partial charge in [-0.1, -0.05) is 31.4 Å². The molecule has 1 heterocycles. The molecule has 1 fully saturated rings. The van der Waals surface area contributed by atoms with Crippen molar-refractivity contribution in [3.8, 4) is 21.9 Å². The van der Waals surface area contributed by atoms with E-state index < -0.39 is 18.5 Å². The van der Waals surface area contributed by atoms with Crippen LogP contribution in [0.1, 0.15) is 41.8 Å². The van der Waals surface area contributed by atoms with Crippen LogP contribution in [-0.4, -0.2) is 35.4 Å². The zero-order chi connectivity index (χ0) is 20.1. The molecule has 0 unspecified atom stereocenters. The Balaban J connectivity index is 1.81. The number of ether oxygens (including phenoxy) is 2. The molecule has 0 atom stereocenters. The summed E-state index contributed by atoms with van der Waals surface area (Å²) in [5, 5.41) is 18.3. The molecule has 2 aromatic rings. The van der Waals surface area contributed by atoms with Crippen LogP contribution in [0.3, 0.4) is 0 Å². The van der Waals surface area contributed by atoms with Gasteiger partial charge < -0.3 is 19.7 Å². The van der Waals surface area contributed by atoms with E-state index >= 15 is 0 Å². The lowest BCUT2D eigenvalue weighted by atomic mass is 9.90. The van der Waals surface area contributed by atoms with E-state index in [0.717, 1.165) is 22.6 Å². The maximum Gasteiger partial charge on any atom is 0.349 e. The number of hydrogen-bond donors (Lipinski definition) is 2. The lowest BCUT2D eigenvalue weighted by Gasteiger charge is -2.21. The SMILES string of the molecule is O=C(O)COc1c(C(=O)O)sc(-c2cccc(OCC3CCCCC3)c2)c1Br. The lowest BCUT2D eigenvalue weighted by molar-refractivity contribution is -0.139. The quantitative estimate of drug-likeness (QED) is 0.545. The van der Waals surface area contributed by atoms with E-state index in [1.165, 1.54) is 32.1 Å². The van der Waals surface area contributed by atoms with E-state index in [0.29, 0.717) is 21.9 Å². The van der Waals surface area contributed by atoms with Crippen molar-refractivity contribution in [2.75, 3.05) is 13.2 Å². The summed E-state index contributed by atoms with van der Waals surface area (Å²) in [6, 6.07) is 7.46. The third-order valence-electron chi connectivity index (χ3n) is 4.65. The van der Waals surface area contributed by atoms with Crippen LogP contribution in [-0.2, 0) is 4.79 Å².